The Bertz CT molecular complexity index is 1470. The van der Waals surface area contributed by atoms with Gasteiger partial charge in [0, 0.05) is 48.8 Å². The Balaban J connectivity index is 1.38. The molecule has 0 aliphatic heterocycles. The number of rotatable bonds is 32. The van der Waals surface area contributed by atoms with Crippen molar-refractivity contribution in [3.63, 3.8) is 0 Å². The lowest BCUT2D eigenvalue weighted by Crippen LogP contribution is -2.25. The molecular weight excluding hydrogens is 740 g/mol. The molecule has 6 N–H and O–H groups in total. The molecule has 0 heterocycles. The van der Waals surface area contributed by atoms with Crippen molar-refractivity contribution in [3.05, 3.63) is 58.7 Å². The van der Waals surface area contributed by atoms with Crippen molar-refractivity contribution < 1.29 is 77.6 Å². The van der Waals surface area contributed by atoms with E-state index in [1.165, 1.54) is 0 Å². The molecular formula is C38H50N2O16. The molecule has 308 valence electrons. The average Bonchev–Trinajstić information content (AvgIpc) is 3.14. The number of fused-ring (bicyclic) bond motifs is 2. The van der Waals surface area contributed by atoms with Gasteiger partial charge in [-0.25, -0.2) is 0 Å². The van der Waals surface area contributed by atoms with E-state index in [9.17, 15) is 28.8 Å². The first-order valence-electron chi connectivity index (χ1n) is 18.2. The lowest BCUT2D eigenvalue weighted by Gasteiger charge is -2.24. The van der Waals surface area contributed by atoms with E-state index in [0.717, 1.165) is 0 Å². The van der Waals surface area contributed by atoms with Crippen LogP contribution in [0.1, 0.15) is 70.4 Å². The second-order valence-corrected chi connectivity index (χ2v) is 12.5. The summed E-state index contributed by atoms with van der Waals surface area (Å²) in [6.45, 7) is 3.15. The zero-order chi connectivity index (χ0) is 40.7. The summed E-state index contributed by atoms with van der Waals surface area (Å²) in [5.74, 6) is -5.11. The third kappa shape index (κ3) is 16.4. The van der Waals surface area contributed by atoms with Crippen LogP contribution in [-0.2, 0) is 47.6 Å². The first-order chi connectivity index (χ1) is 27.0. The maximum absolute atomic E-state index is 13.7. The van der Waals surface area contributed by atoms with Gasteiger partial charge in [-0.1, -0.05) is 24.3 Å². The Labute approximate surface area is 323 Å². The Hall–Kier alpha value is -4.98. The van der Waals surface area contributed by atoms with Crippen molar-refractivity contribution in [2.24, 2.45) is 0 Å². The number of carboxylic acid groups (broad SMARTS) is 4. The molecule has 0 saturated heterocycles. The topological polar surface area (TPSA) is 263 Å². The Morgan fingerprint density at radius 1 is 0.482 bits per heavy atom. The number of carbonyl (C=O) groups is 6. The molecule has 1 aliphatic rings. The van der Waals surface area contributed by atoms with Gasteiger partial charge in [-0.2, -0.15) is 0 Å². The normalized spacial score (nSPS) is 12.1. The second-order valence-electron chi connectivity index (χ2n) is 12.5. The molecule has 0 unspecified atom stereocenters. The highest BCUT2D eigenvalue weighted by Gasteiger charge is 2.33. The molecule has 2 aromatic carbocycles. The van der Waals surface area contributed by atoms with E-state index in [-0.39, 0.29) is 64.4 Å². The second kappa shape index (κ2) is 25.2. The SMILES string of the molecule is O=C(O)CC(CC(=O)O)OCCOCCOCCCNc1ccc(NCCCOCCOCCOC(CC(=O)O)CC(=O)O)c2c1C(=O)c1ccccc1C2=O. The van der Waals surface area contributed by atoms with Crippen LogP contribution in [0, 0.1) is 0 Å². The van der Waals surface area contributed by atoms with E-state index >= 15 is 0 Å². The highest BCUT2D eigenvalue weighted by atomic mass is 16.6. The van der Waals surface area contributed by atoms with Gasteiger partial charge in [0.05, 0.1) is 102 Å². The van der Waals surface area contributed by atoms with Gasteiger partial charge in [-0.15, -0.1) is 0 Å². The molecule has 0 saturated carbocycles. The summed E-state index contributed by atoms with van der Waals surface area (Å²) >= 11 is 0. The van der Waals surface area contributed by atoms with Crippen molar-refractivity contribution in [2.45, 2.75) is 50.7 Å². The molecule has 0 fully saturated rings. The number of benzene rings is 2. The highest BCUT2D eigenvalue weighted by molar-refractivity contribution is 6.31. The van der Waals surface area contributed by atoms with Crippen molar-refractivity contribution in [1.29, 1.82) is 0 Å². The number of ether oxygens (including phenoxy) is 6. The number of hydrogen-bond donors (Lipinski definition) is 6. The molecule has 0 bridgehead atoms. The van der Waals surface area contributed by atoms with E-state index < -0.39 is 61.8 Å². The van der Waals surface area contributed by atoms with Crippen LogP contribution in [0.25, 0.3) is 0 Å². The summed E-state index contributed by atoms with van der Waals surface area (Å²) in [5.41, 5.74) is 2.30. The molecule has 2 aromatic rings. The zero-order valence-electron chi connectivity index (χ0n) is 31.0. The fourth-order valence-electron chi connectivity index (χ4n) is 5.66. The van der Waals surface area contributed by atoms with Gasteiger partial charge in [0.15, 0.2) is 11.6 Å². The number of anilines is 2. The molecule has 0 amide bonds. The van der Waals surface area contributed by atoms with Gasteiger partial charge in [0.25, 0.3) is 0 Å². The van der Waals surface area contributed by atoms with E-state index in [0.29, 0.717) is 72.8 Å². The minimum Gasteiger partial charge on any atom is -0.481 e. The first kappa shape index (κ1) is 45.4. The third-order valence-electron chi connectivity index (χ3n) is 8.15. The number of aliphatic carboxylic acids is 4. The molecule has 56 heavy (non-hydrogen) atoms. The van der Waals surface area contributed by atoms with Crippen molar-refractivity contribution in [1.82, 2.24) is 0 Å². The predicted molar refractivity (Wildman–Crippen MR) is 198 cm³/mol. The summed E-state index contributed by atoms with van der Waals surface area (Å²) < 4.78 is 32.6. The monoisotopic (exact) mass is 790 g/mol. The van der Waals surface area contributed by atoms with Crippen LogP contribution >= 0.6 is 0 Å². The van der Waals surface area contributed by atoms with Gasteiger partial charge in [-0.3, -0.25) is 28.8 Å². The summed E-state index contributed by atoms with van der Waals surface area (Å²) in [7, 11) is 0. The average molecular weight is 791 g/mol. The van der Waals surface area contributed by atoms with Gasteiger partial charge < -0.3 is 59.5 Å². The van der Waals surface area contributed by atoms with Gasteiger partial charge in [0.1, 0.15) is 0 Å². The molecule has 1 aliphatic carbocycles. The number of nitrogens with one attached hydrogen (secondary N) is 2. The lowest BCUT2D eigenvalue weighted by atomic mass is 9.82. The maximum atomic E-state index is 13.7. The quantitative estimate of drug-likeness (QED) is 0.0497. The van der Waals surface area contributed by atoms with Crippen LogP contribution in [0.15, 0.2) is 36.4 Å². The molecule has 18 nitrogen and oxygen atoms in total. The minimum atomic E-state index is -1.15. The van der Waals surface area contributed by atoms with Gasteiger partial charge >= 0.3 is 23.9 Å². The Morgan fingerprint density at radius 3 is 1.14 bits per heavy atom. The van der Waals surface area contributed by atoms with Gasteiger partial charge in [0.2, 0.25) is 0 Å². The van der Waals surface area contributed by atoms with Crippen LogP contribution in [-0.4, -0.2) is 147 Å². The summed E-state index contributed by atoms with van der Waals surface area (Å²) in [4.78, 5) is 70.8. The van der Waals surface area contributed by atoms with Crippen LogP contribution < -0.4 is 10.6 Å². The third-order valence-corrected chi connectivity index (χ3v) is 8.15. The summed E-state index contributed by atoms with van der Waals surface area (Å²) in [6, 6.07) is 10.2. The summed E-state index contributed by atoms with van der Waals surface area (Å²) in [5, 5.41) is 42.0. The molecule has 0 radical (unpaired) electrons. The Kier molecular flexibility index (Phi) is 20.5. The standard InChI is InChI=1S/C38H50N2O16/c41-31(42)21-25(22-32(43)44)55-19-17-53-15-13-51-11-3-9-39-29-7-8-30(36-35(29)37(49)27-5-1-2-6-28(27)38(36)50)40-10-4-12-52-14-16-54-18-20-56-26(23-33(45)46)24-34(47)48/h1-2,5-8,25-26,39-40H,3-4,9-24H2,(H,41,42)(H,43,44)(H,45,46)(H,47,48). The van der Waals surface area contributed by atoms with Crippen molar-refractivity contribution >= 4 is 46.8 Å². The largest absolute Gasteiger partial charge is 0.481 e. The smallest absolute Gasteiger partial charge is 0.305 e. The number of carbonyl (C=O) groups excluding carboxylic acids is 2. The van der Waals surface area contributed by atoms with Crippen LogP contribution in [0.3, 0.4) is 0 Å². The van der Waals surface area contributed by atoms with E-state index in [4.69, 9.17) is 48.8 Å². The molecule has 18 heteroatoms. The Morgan fingerprint density at radius 2 is 0.804 bits per heavy atom. The van der Waals surface area contributed by atoms with E-state index in [2.05, 4.69) is 10.6 Å². The zero-order valence-corrected chi connectivity index (χ0v) is 31.0. The fraction of sp³-hybridized carbons (Fsp3) is 0.526. The van der Waals surface area contributed by atoms with Gasteiger partial charge in [-0.05, 0) is 25.0 Å². The van der Waals surface area contributed by atoms with E-state index in [1.807, 2.05) is 0 Å². The van der Waals surface area contributed by atoms with Crippen LogP contribution in [0.4, 0.5) is 11.4 Å². The highest BCUT2D eigenvalue weighted by Crippen LogP contribution is 2.36. The molecule has 0 atom stereocenters. The lowest BCUT2D eigenvalue weighted by molar-refractivity contribution is -0.147. The predicted octanol–water partition coefficient (Wildman–Crippen LogP) is 2.80. The molecule has 3 rings (SSSR count). The fourth-order valence-corrected chi connectivity index (χ4v) is 5.66. The summed E-state index contributed by atoms with van der Waals surface area (Å²) in [6.07, 6.45) is -2.36. The van der Waals surface area contributed by atoms with Crippen molar-refractivity contribution in [2.75, 3.05) is 89.8 Å². The number of hydrogen-bond acceptors (Lipinski definition) is 14. The maximum Gasteiger partial charge on any atom is 0.305 e. The minimum absolute atomic E-state index is 0.0460. The van der Waals surface area contributed by atoms with Crippen LogP contribution in [0.2, 0.25) is 0 Å². The number of carboxylic acids is 4. The van der Waals surface area contributed by atoms with Crippen molar-refractivity contribution in [3.8, 4) is 0 Å². The number of ketones is 2. The van der Waals surface area contributed by atoms with E-state index in [1.54, 1.807) is 36.4 Å². The first-order valence-corrected chi connectivity index (χ1v) is 18.2. The molecule has 0 spiro atoms. The van der Waals surface area contributed by atoms with Crippen LogP contribution in [0.5, 0.6) is 0 Å². The molecule has 0 aromatic heterocycles.